The first-order valence-corrected chi connectivity index (χ1v) is 9.64. The van der Waals surface area contributed by atoms with Crippen LogP contribution in [0.4, 0.5) is 24.5 Å². The van der Waals surface area contributed by atoms with Gasteiger partial charge in [0.2, 0.25) is 0 Å². The Balaban J connectivity index is 1.53. The number of hydrogen-bond donors (Lipinski definition) is 1. The van der Waals surface area contributed by atoms with Gasteiger partial charge in [-0.1, -0.05) is 19.3 Å². The second-order valence-corrected chi connectivity index (χ2v) is 7.62. The minimum absolute atomic E-state index is 0.0331. The third kappa shape index (κ3) is 4.27. The number of piperidine rings is 1. The second kappa shape index (κ2) is 8.07. The standard InChI is InChI=1S/C20H29F3N2O/c1-26-19(20(21,22)23)11-13-25(14-12-19)18-9-7-17(8-10-18)24-15-16-5-3-2-4-6-16/h7-10,16,24H,2-6,11-15H2,1H3. The molecule has 0 aromatic heterocycles. The summed E-state index contributed by atoms with van der Waals surface area (Å²) in [6, 6.07) is 8.05. The van der Waals surface area contributed by atoms with E-state index in [9.17, 15) is 13.2 Å². The van der Waals surface area contributed by atoms with Crippen molar-refractivity contribution in [2.75, 3.05) is 37.0 Å². The number of hydrogen-bond acceptors (Lipinski definition) is 3. The molecule has 26 heavy (non-hydrogen) atoms. The van der Waals surface area contributed by atoms with E-state index < -0.39 is 11.8 Å². The molecule has 1 aromatic rings. The molecule has 0 atom stereocenters. The van der Waals surface area contributed by atoms with Gasteiger partial charge < -0.3 is 15.0 Å². The smallest absolute Gasteiger partial charge is 0.385 e. The van der Waals surface area contributed by atoms with Gasteiger partial charge in [0.05, 0.1) is 0 Å². The van der Waals surface area contributed by atoms with Crippen LogP contribution in [0.25, 0.3) is 0 Å². The molecule has 0 bridgehead atoms. The normalized spacial score (nSPS) is 21.6. The predicted molar refractivity (Wildman–Crippen MR) is 98.7 cm³/mol. The van der Waals surface area contributed by atoms with Crippen molar-refractivity contribution >= 4 is 11.4 Å². The third-order valence-electron chi connectivity index (χ3n) is 6.03. The number of alkyl halides is 3. The molecule has 0 spiro atoms. The lowest BCUT2D eigenvalue weighted by Gasteiger charge is -2.42. The van der Waals surface area contributed by atoms with E-state index in [1.165, 1.54) is 32.1 Å². The van der Waals surface area contributed by atoms with Gasteiger partial charge in [0, 0.05) is 51.0 Å². The Hall–Kier alpha value is -1.43. The van der Waals surface area contributed by atoms with E-state index in [0.717, 1.165) is 30.9 Å². The van der Waals surface area contributed by atoms with E-state index in [0.29, 0.717) is 13.1 Å². The molecule has 1 saturated heterocycles. The molecule has 1 aliphatic heterocycles. The second-order valence-electron chi connectivity index (χ2n) is 7.62. The molecule has 0 amide bonds. The van der Waals surface area contributed by atoms with Crippen LogP contribution in [-0.2, 0) is 4.74 Å². The Morgan fingerprint density at radius 1 is 1.08 bits per heavy atom. The molecule has 146 valence electrons. The van der Waals surface area contributed by atoms with Gasteiger partial charge in [-0.25, -0.2) is 0 Å². The lowest BCUT2D eigenvalue weighted by molar-refractivity contribution is -0.276. The van der Waals surface area contributed by atoms with E-state index in [1.807, 2.05) is 29.2 Å². The van der Waals surface area contributed by atoms with Gasteiger partial charge in [0.1, 0.15) is 0 Å². The first kappa shape index (κ1) is 19.3. The minimum atomic E-state index is -4.32. The summed E-state index contributed by atoms with van der Waals surface area (Å²) in [4.78, 5) is 2.01. The number of nitrogens with zero attached hydrogens (tertiary/aromatic N) is 1. The number of nitrogens with one attached hydrogen (secondary N) is 1. The lowest BCUT2D eigenvalue weighted by atomic mass is 9.89. The van der Waals surface area contributed by atoms with Crippen molar-refractivity contribution in [3.05, 3.63) is 24.3 Å². The van der Waals surface area contributed by atoms with Crippen molar-refractivity contribution in [3.63, 3.8) is 0 Å². The summed E-state index contributed by atoms with van der Waals surface area (Å²) in [6.45, 7) is 1.70. The average Bonchev–Trinajstić information content (AvgIpc) is 2.67. The van der Waals surface area contributed by atoms with Gasteiger partial charge in [-0.15, -0.1) is 0 Å². The van der Waals surface area contributed by atoms with Crippen LogP contribution >= 0.6 is 0 Å². The zero-order valence-corrected chi connectivity index (χ0v) is 15.4. The van der Waals surface area contributed by atoms with Gasteiger partial charge in [0.15, 0.2) is 5.60 Å². The summed E-state index contributed by atoms with van der Waals surface area (Å²) in [7, 11) is 1.16. The number of benzene rings is 1. The van der Waals surface area contributed by atoms with Gasteiger partial charge in [-0.3, -0.25) is 0 Å². The fourth-order valence-corrected chi connectivity index (χ4v) is 4.17. The molecule has 3 nitrogen and oxygen atoms in total. The first-order valence-electron chi connectivity index (χ1n) is 9.64. The largest absolute Gasteiger partial charge is 0.417 e. The van der Waals surface area contributed by atoms with E-state index in [2.05, 4.69) is 5.32 Å². The van der Waals surface area contributed by atoms with Crippen molar-refractivity contribution < 1.29 is 17.9 Å². The summed E-state index contributed by atoms with van der Waals surface area (Å²) in [5, 5.41) is 3.50. The van der Waals surface area contributed by atoms with Crippen LogP contribution in [0, 0.1) is 5.92 Å². The number of anilines is 2. The molecule has 0 unspecified atom stereocenters. The zero-order chi connectivity index (χ0) is 18.6. The topological polar surface area (TPSA) is 24.5 Å². The summed E-state index contributed by atoms with van der Waals surface area (Å²) < 4.78 is 44.7. The Morgan fingerprint density at radius 2 is 1.69 bits per heavy atom. The van der Waals surface area contributed by atoms with Crippen LogP contribution in [0.15, 0.2) is 24.3 Å². The number of halogens is 3. The molecule has 3 rings (SSSR count). The number of rotatable bonds is 5. The van der Waals surface area contributed by atoms with Crippen LogP contribution < -0.4 is 10.2 Å². The lowest BCUT2D eigenvalue weighted by Crippen LogP contribution is -2.54. The first-order chi connectivity index (χ1) is 12.4. The van der Waals surface area contributed by atoms with Crippen LogP contribution in [-0.4, -0.2) is 38.5 Å². The van der Waals surface area contributed by atoms with Crippen molar-refractivity contribution in [3.8, 4) is 0 Å². The monoisotopic (exact) mass is 370 g/mol. The molecular weight excluding hydrogens is 341 g/mol. The fraction of sp³-hybridized carbons (Fsp3) is 0.700. The summed E-state index contributed by atoms with van der Waals surface area (Å²) in [5.74, 6) is 0.759. The minimum Gasteiger partial charge on any atom is -0.385 e. The van der Waals surface area contributed by atoms with Crippen LogP contribution in [0.2, 0.25) is 0 Å². The van der Waals surface area contributed by atoms with Crippen molar-refractivity contribution in [1.82, 2.24) is 0 Å². The van der Waals surface area contributed by atoms with Crippen LogP contribution in [0.5, 0.6) is 0 Å². The van der Waals surface area contributed by atoms with Gasteiger partial charge in [0.25, 0.3) is 0 Å². The highest BCUT2D eigenvalue weighted by atomic mass is 19.4. The quantitative estimate of drug-likeness (QED) is 0.768. The van der Waals surface area contributed by atoms with Gasteiger partial charge in [-0.05, 0) is 43.0 Å². The summed E-state index contributed by atoms with van der Waals surface area (Å²) in [5.41, 5.74) is 0.0586. The van der Waals surface area contributed by atoms with E-state index in [-0.39, 0.29) is 12.8 Å². The van der Waals surface area contributed by atoms with Gasteiger partial charge >= 0.3 is 6.18 Å². The molecule has 1 aliphatic carbocycles. The molecule has 0 radical (unpaired) electrons. The van der Waals surface area contributed by atoms with E-state index in [4.69, 9.17) is 4.74 Å². The maximum atomic E-state index is 13.3. The summed E-state index contributed by atoms with van der Waals surface area (Å²) in [6.07, 6.45) is 2.25. The number of methoxy groups -OCH3 is 1. The van der Waals surface area contributed by atoms with Crippen molar-refractivity contribution in [2.24, 2.45) is 5.92 Å². The summed E-state index contributed by atoms with van der Waals surface area (Å²) >= 11 is 0. The Kier molecular flexibility index (Phi) is 6.00. The maximum absolute atomic E-state index is 13.3. The van der Waals surface area contributed by atoms with Gasteiger partial charge in [-0.2, -0.15) is 13.2 Å². The molecule has 1 N–H and O–H groups in total. The van der Waals surface area contributed by atoms with E-state index in [1.54, 1.807) is 0 Å². The Labute approximate surface area is 153 Å². The molecule has 6 heteroatoms. The highest BCUT2D eigenvalue weighted by molar-refractivity contribution is 5.55. The SMILES string of the molecule is COC1(C(F)(F)F)CCN(c2ccc(NCC3CCCCC3)cc2)CC1. The average molecular weight is 370 g/mol. The molecule has 1 heterocycles. The van der Waals surface area contributed by atoms with Crippen molar-refractivity contribution in [1.29, 1.82) is 0 Å². The highest BCUT2D eigenvalue weighted by Gasteiger charge is 2.56. The number of ether oxygens (including phenoxy) is 1. The fourth-order valence-electron chi connectivity index (χ4n) is 4.17. The third-order valence-corrected chi connectivity index (χ3v) is 6.03. The molecule has 2 fully saturated rings. The zero-order valence-electron chi connectivity index (χ0n) is 15.4. The maximum Gasteiger partial charge on any atom is 0.417 e. The molecule has 1 saturated carbocycles. The molecule has 2 aliphatic rings. The van der Waals surface area contributed by atoms with E-state index >= 15 is 0 Å². The predicted octanol–water partition coefficient (Wildman–Crippen LogP) is 5.23. The molecule has 1 aromatic carbocycles. The molecular formula is C20H29F3N2O. The van der Waals surface area contributed by atoms with Crippen LogP contribution in [0.3, 0.4) is 0 Å². The Morgan fingerprint density at radius 3 is 2.23 bits per heavy atom. The van der Waals surface area contributed by atoms with Crippen molar-refractivity contribution in [2.45, 2.75) is 56.7 Å². The highest BCUT2D eigenvalue weighted by Crippen LogP contribution is 2.42. The Bertz CT molecular complexity index is 559. The van der Waals surface area contributed by atoms with Crippen LogP contribution in [0.1, 0.15) is 44.9 Å².